The Hall–Kier alpha value is -3.35. The topological polar surface area (TPSA) is 116 Å². The molecule has 5 aromatic rings. The highest BCUT2D eigenvalue weighted by atomic mass is 32.3. The van der Waals surface area contributed by atoms with E-state index in [1.807, 2.05) is 156 Å². The number of carbonyl (C=O) groups excluding carboxylic acids is 4. The fourth-order valence-corrected chi connectivity index (χ4v) is 21.0. The lowest BCUT2D eigenvalue weighted by Crippen LogP contribution is -2.25. The molecule has 0 radical (unpaired) electrons. The average Bonchev–Trinajstić information content (AvgIpc) is 3.88. The van der Waals surface area contributed by atoms with E-state index in [9.17, 15) is 19.2 Å². The fourth-order valence-electron chi connectivity index (χ4n) is 5.21. The summed E-state index contributed by atoms with van der Waals surface area (Å²) in [6, 6.07) is 37.0. The first-order valence-corrected chi connectivity index (χ1v) is 26.3. The molecule has 1 aliphatic heterocycles. The summed E-state index contributed by atoms with van der Waals surface area (Å²) in [6.07, 6.45) is 0. The number of thioether (sulfide) groups is 5. The number of hydrogen-bond acceptors (Lipinski definition) is 11. The van der Waals surface area contributed by atoms with E-state index in [1.54, 1.807) is 47.0 Å². The van der Waals surface area contributed by atoms with Gasteiger partial charge in [0.15, 0.2) is 0 Å². The highest BCUT2D eigenvalue weighted by Crippen LogP contribution is 2.57. The number of amides is 4. The SMILES string of the molecule is O=C(NCCSC1=C(SCCNC(=O)c2ccccc2)S(=c2sc(SCCNC(=O)c3ccccc3)c(SCCNC(=O)c3ccccc3)s2)CS1)c1ccccc1. The summed E-state index contributed by atoms with van der Waals surface area (Å²) in [5, 5.41) is 13.2. The van der Waals surface area contributed by atoms with E-state index in [4.69, 9.17) is 0 Å². The smallest absolute Gasteiger partial charge is 0.251 e. The maximum Gasteiger partial charge on any atom is 0.251 e. The standard InChI is InChI=1S/C42H42N4O4S8/c47-34(30-13-5-1-6-14-30)43-21-25-51-38-39(52-26-22-44-35(48)31-15-7-2-8-16-31)57-42(56-38)58-29-55-40(53-27-23-45-36(49)32-17-9-3-10-18-32)41(58)54-28-24-46-37(50)33-19-11-4-12-20-33/h1-20H,21-29H2,(H,43,47)(H,44,48)(H,45,49)(H,46,50). The van der Waals surface area contributed by atoms with E-state index in [0.29, 0.717) is 48.4 Å². The van der Waals surface area contributed by atoms with Crippen LogP contribution >= 0.6 is 92.0 Å². The van der Waals surface area contributed by atoms with Crippen LogP contribution in [0, 0.1) is 3.14 Å². The summed E-state index contributed by atoms with van der Waals surface area (Å²) < 4.78 is 6.37. The molecule has 0 fully saturated rings. The summed E-state index contributed by atoms with van der Waals surface area (Å²) in [4.78, 5) is 50.9. The summed E-state index contributed by atoms with van der Waals surface area (Å²) in [7, 11) is -0.166. The van der Waals surface area contributed by atoms with Crippen LogP contribution in [0.5, 0.6) is 0 Å². The van der Waals surface area contributed by atoms with Crippen LogP contribution in [0.2, 0.25) is 0 Å². The van der Waals surface area contributed by atoms with Gasteiger partial charge >= 0.3 is 0 Å². The van der Waals surface area contributed by atoms with Crippen LogP contribution in [0.3, 0.4) is 0 Å². The van der Waals surface area contributed by atoms with Gasteiger partial charge in [-0.25, -0.2) is 0 Å². The Morgan fingerprint density at radius 1 is 0.466 bits per heavy atom. The quantitative estimate of drug-likeness (QED) is 0.0344. The zero-order valence-corrected chi connectivity index (χ0v) is 37.8. The van der Waals surface area contributed by atoms with E-state index in [0.717, 1.165) is 28.1 Å². The predicted molar refractivity (Wildman–Crippen MR) is 254 cm³/mol. The van der Waals surface area contributed by atoms with Crippen LogP contribution in [-0.4, -0.2) is 77.9 Å². The molecule has 0 aliphatic carbocycles. The minimum absolute atomic E-state index is 0.0764. The van der Waals surface area contributed by atoms with Crippen LogP contribution in [0.25, 0.3) is 0 Å². The van der Waals surface area contributed by atoms with Crippen molar-refractivity contribution in [3.05, 3.63) is 155 Å². The molecule has 16 heteroatoms. The molecule has 1 aromatic heterocycles. The predicted octanol–water partition coefficient (Wildman–Crippen LogP) is 9.81. The molecule has 2 heterocycles. The van der Waals surface area contributed by atoms with Crippen molar-refractivity contribution in [1.82, 2.24) is 21.3 Å². The molecular weight excluding hydrogens is 881 g/mol. The Morgan fingerprint density at radius 3 is 1.16 bits per heavy atom. The second-order valence-electron chi connectivity index (χ2n) is 12.1. The Labute approximate surface area is 370 Å². The van der Waals surface area contributed by atoms with Gasteiger partial charge in [0.25, 0.3) is 23.6 Å². The number of carbonyl (C=O) groups is 4. The molecule has 1 atom stereocenters. The molecule has 6 rings (SSSR count). The lowest BCUT2D eigenvalue weighted by Gasteiger charge is -2.10. The zero-order valence-electron chi connectivity index (χ0n) is 31.3. The van der Waals surface area contributed by atoms with Crippen molar-refractivity contribution in [3.8, 4) is 0 Å². The zero-order chi connectivity index (χ0) is 40.4. The van der Waals surface area contributed by atoms with E-state index < -0.39 is 0 Å². The van der Waals surface area contributed by atoms with Gasteiger partial charge in [0.1, 0.15) is 3.14 Å². The van der Waals surface area contributed by atoms with Gasteiger partial charge in [-0.3, -0.25) is 19.2 Å². The molecular formula is C42H42N4O4S8. The molecule has 4 amide bonds. The normalized spacial score (nSPS) is 13.6. The number of benzene rings is 4. The summed E-state index contributed by atoms with van der Waals surface area (Å²) in [6.45, 7) is 2.15. The van der Waals surface area contributed by atoms with Gasteiger partial charge in [0.2, 0.25) is 0 Å². The Balaban J connectivity index is 1.17. The van der Waals surface area contributed by atoms with Gasteiger partial charge in [-0.05, 0) is 48.5 Å². The molecule has 4 aromatic carbocycles. The second kappa shape index (κ2) is 24.0. The molecule has 0 bridgehead atoms. The largest absolute Gasteiger partial charge is 0.351 e. The van der Waals surface area contributed by atoms with E-state index in [1.165, 1.54) is 20.0 Å². The maximum atomic E-state index is 12.8. The van der Waals surface area contributed by atoms with E-state index in [2.05, 4.69) is 21.3 Å². The van der Waals surface area contributed by atoms with Gasteiger partial charge in [0.05, 0.1) is 16.9 Å². The monoisotopic (exact) mass is 922 g/mol. The lowest BCUT2D eigenvalue weighted by atomic mass is 10.2. The van der Waals surface area contributed by atoms with Gasteiger partial charge < -0.3 is 21.3 Å². The highest BCUT2D eigenvalue weighted by molar-refractivity contribution is 8.40. The molecule has 4 N–H and O–H groups in total. The molecule has 0 spiro atoms. The van der Waals surface area contributed by atoms with Crippen LogP contribution in [0.1, 0.15) is 41.4 Å². The van der Waals surface area contributed by atoms with Crippen molar-refractivity contribution in [2.75, 3.05) is 54.3 Å². The van der Waals surface area contributed by atoms with Crippen molar-refractivity contribution in [1.29, 1.82) is 0 Å². The average molecular weight is 923 g/mol. The molecule has 0 saturated heterocycles. The van der Waals surface area contributed by atoms with Crippen molar-refractivity contribution < 1.29 is 19.2 Å². The van der Waals surface area contributed by atoms with Crippen LogP contribution in [-0.2, 0) is 0 Å². The molecule has 8 nitrogen and oxygen atoms in total. The lowest BCUT2D eigenvalue weighted by molar-refractivity contribution is 0.0948. The Bertz CT molecular complexity index is 2150. The molecule has 302 valence electrons. The third kappa shape index (κ3) is 13.6. The molecule has 0 saturated carbocycles. The van der Waals surface area contributed by atoms with Gasteiger partial charge in [-0.1, -0.05) is 72.8 Å². The maximum absolute atomic E-state index is 12.8. The van der Waals surface area contributed by atoms with Gasteiger partial charge in [0, 0.05) is 76.5 Å². The summed E-state index contributed by atoms with van der Waals surface area (Å²) in [5.74, 6) is 2.60. The van der Waals surface area contributed by atoms with Crippen molar-refractivity contribution >= 4 is 116 Å². The first-order chi connectivity index (χ1) is 28.5. The number of rotatable bonds is 20. The van der Waals surface area contributed by atoms with Crippen LogP contribution < -0.4 is 21.3 Å². The molecule has 1 aliphatic rings. The molecule has 1 unspecified atom stereocenters. The first kappa shape index (κ1) is 44.2. The first-order valence-electron chi connectivity index (χ1n) is 18.4. The van der Waals surface area contributed by atoms with E-state index in [-0.39, 0.29) is 34.1 Å². The molecule has 58 heavy (non-hydrogen) atoms. The Kier molecular flexibility index (Phi) is 18.3. The third-order valence-corrected chi connectivity index (χ3v) is 21.7. The number of hydrogen-bond donors (Lipinski definition) is 4. The highest BCUT2D eigenvalue weighted by Gasteiger charge is 2.24. The van der Waals surface area contributed by atoms with Gasteiger partial charge in [-0.15, -0.1) is 92.0 Å². The second-order valence-corrected chi connectivity index (χ2v) is 23.6. The fraction of sp³-hybridized carbons (Fsp3) is 0.214. The van der Waals surface area contributed by atoms with Crippen LogP contribution in [0.15, 0.2) is 138 Å². The van der Waals surface area contributed by atoms with Gasteiger partial charge in [-0.2, -0.15) is 0 Å². The minimum atomic E-state index is -0.166. The minimum Gasteiger partial charge on any atom is -0.351 e. The van der Waals surface area contributed by atoms with Crippen molar-refractivity contribution in [3.63, 3.8) is 0 Å². The third-order valence-electron chi connectivity index (χ3n) is 8.05. The van der Waals surface area contributed by atoms with E-state index >= 15 is 0 Å². The van der Waals surface area contributed by atoms with Crippen molar-refractivity contribution in [2.45, 2.75) is 8.42 Å². The Morgan fingerprint density at radius 2 is 0.793 bits per heavy atom. The van der Waals surface area contributed by atoms with Crippen molar-refractivity contribution in [2.24, 2.45) is 0 Å². The summed E-state index contributed by atoms with van der Waals surface area (Å²) >= 11 is 12.6. The summed E-state index contributed by atoms with van der Waals surface area (Å²) in [5.41, 5.74) is 2.58. The number of nitrogens with one attached hydrogen (secondary N) is 4. The van der Waals surface area contributed by atoms with Crippen LogP contribution in [0.4, 0.5) is 0 Å².